The van der Waals surface area contributed by atoms with Crippen molar-refractivity contribution in [3.05, 3.63) is 23.9 Å². The van der Waals surface area contributed by atoms with Gasteiger partial charge in [-0.1, -0.05) is 6.07 Å². The summed E-state index contributed by atoms with van der Waals surface area (Å²) >= 11 is 0. The first kappa shape index (κ1) is 12.3. The molecular weight excluding hydrogens is 214 g/mol. The highest BCUT2D eigenvalue weighted by Crippen LogP contribution is 2.16. The molecule has 1 aliphatic heterocycles. The first-order chi connectivity index (χ1) is 8.29. The molecule has 2 heterocycles. The third kappa shape index (κ3) is 3.41. The van der Waals surface area contributed by atoms with Crippen LogP contribution < -0.4 is 10.6 Å². The van der Waals surface area contributed by atoms with Crippen LogP contribution in [0.25, 0.3) is 0 Å². The van der Waals surface area contributed by atoms with Crippen molar-refractivity contribution in [3.8, 4) is 0 Å². The summed E-state index contributed by atoms with van der Waals surface area (Å²) in [5.41, 5.74) is 6.62. The second-order valence-corrected chi connectivity index (χ2v) is 4.60. The highest BCUT2D eigenvalue weighted by molar-refractivity contribution is 5.38. The molecule has 0 spiro atoms. The first-order valence-corrected chi connectivity index (χ1v) is 6.27. The van der Waals surface area contributed by atoms with Crippen LogP contribution in [-0.2, 0) is 11.3 Å². The van der Waals surface area contributed by atoms with Gasteiger partial charge in [0.2, 0.25) is 0 Å². The largest absolute Gasteiger partial charge is 0.376 e. The van der Waals surface area contributed by atoms with Crippen molar-refractivity contribution >= 4 is 5.82 Å². The van der Waals surface area contributed by atoms with E-state index in [-0.39, 0.29) is 0 Å². The number of hydrogen-bond acceptors (Lipinski definition) is 4. The fourth-order valence-corrected chi connectivity index (χ4v) is 2.11. The molecule has 0 aliphatic carbocycles. The second-order valence-electron chi connectivity index (χ2n) is 4.60. The lowest BCUT2D eigenvalue weighted by Gasteiger charge is -2.28. The Bertz CT molecular complexity index is 333. The van der Waals surface area contributed by atoms with E-state index in [0.29, 0.717) is 12.6 Å². The lowest BCUT2D eigenvalue weighted by molar-refractivity contribution is 0.0215. The standard InChI is InChI=1S/C13H21N3O/c1-16(10-12-4-2-3-7-17-12)13-6-5-11(8-14)9-15-13/h5-6,9,12H,2-4,7-8,10,14H2,1H3. The fourth-order valence-electron chi connectivity index (χ4n) is 2.11. The summed E-state index contributed by atoms with van der Waals surface area (Å²) in [6.45, 7) is 2.36. The van der Waals surface area contributed by atoms with Crippen LogP contribution in [0, 0.1) is 0 Å². The molecule has 0 aromatic carbocycles. The van der Waals surface area contributed by atoms with Gasteiger partial charge in [-0.25, -0.2) is 4.98 Å². The van der Waals surface area contributed by atoms with Gasteiger partial charge >= 0.3 is 0 Å². The molecule has 0 radical (unpaired) electrons. The van der Waals surface area contributed by atoms with Crippen molar-refractivity contribution < 1.29 is 4.74 Å². The molecule has 17 heavy (non-hydrogen) atoms. The average molecular weight is 235 g/mol. The lowest BCUT2D eigenvalue weighted by atomic mass is 10.1. The second kappa shape index (κ2) is 5.98. The van der Waals surface area contributed by atoms with Crippen molar-refractivity contribution in [2.75, 3.05) is 25.1 Å². The smallest absolute Gasteiger partial charge is 0.128 e. The number of aromatic nitrogens is 1. The van der Waals surface area contributed by atoms with Gasteiger partial charge in [0, 0.05) is 32.9 Å². The van der Waals surface area contributed by atoms with Gasteiger partial charge in [0.1, 0.15) is 5.82 Å². The van der Waals surface area contributed by atoms with Gasteiger partial charge in [0.05, 0.1) is 6.10 Å². The molecule has 1 saturated heterocycles. The summed E-state index contributed by atoms with van der Waals surface area (Å²) in [5, 5.41) is 0. The number of hydrogen-bond donors (Lipinski definition) is 1. The molecule has 1 unspecified atom stereocenters. The molecule has 1 fully saturated rings. The molecule has 4 nitrogen and oxygen atoms in total. The van der Waals surface area contributed by atoms with E-state index in [1.165, 1.54) is 12.8 Å². The molecule has 94 valence electrons. The van der Waals surface area contributed by atoms with Crippen LogP contribution >= 0.6 is 0 Å². The van der Waals surface area contributed by atoms with Gasteiger partial charge in [0.25, 0.3) is 0 Å². The molecular formula is C13H21N3O. The summed E-state index contributed by atoms with van der Waals surface area (Å²) in [7, 11) is 2.06. The molecule has 0 bridgehead atoms. The molecule has 4 heteroatoms. The normalized spacial score (nSPS) is 20.2. The molecule has 2 N–H and O–H groups in total. The molecule has 1 atom stereocenters. The number of nitrogens with zero attached hydrogens (tertiary/aromatic N) is 2. The van der Waals surface area contributed by atoms with Crippen molar-refractivity contribution in [2.24, 2.45) is 5.73 Å². The van der Waals surface area contributed by atoms with E-state index in [1.54, 1.807) is 0 Å². The highest BCUT2D eigenvalue weighted by atomic mass is 16.5. The Kier molecular flexibility index (Phi) is 4.34. The van der Waals surface area contributed by atoms with Gasteiger partial charge in [-0.2, -0.15) is 0 Å². The minimum atomic E-state index is 0.352. The number of pyridine rings is 1. The molecule has 1 aromatic rings. The maximum atomic E-state index is 5.73. The Morgan fingerprint density at radius 1 is 1.47 bits per heavy atom. The third-order valence-corrected chi connectivity index (χ3v) is 3.19. The Morgan fingerprint density at radius 3 is 2.94 bits per heavy atom. The van der Waals surface area contributed by atoms with E-state index in [9.17, 15) is 0 Å². The number of rotatable bonds is 4. The minimum absolute atomic E-state index is 0.352. The maximum Gasteiger partial charge on any atom is 0.128 e. The van der Waals surface area contributed by atoms with E-state index in [4.69, 9.17) is 10.5 Å². The summed E-state index contributed by atoms with van der Waals surface area (Å²) in [6.07, 6.45) is 5.82. The average Bonchev–Trinajstić information content (AvgIpc) is 2.40. The topological polar surface area (TPSA) is 51.4 Å². The summed E-state index contributed by atoms with van der Waals surface area (Å²) in [6, 6.07) is 4.05. The summed E-state index contributed by atoms with van der Waals surface area (Å²) < 4.78 is 5.73. The van der Waals surface area contributed by atoms with Gasteiger partial charge in [-0.15, -0.1) is 0 Å². The van der Waals surface area contributed by atoms with Gasteiger partial charge in [-0.3, -0.25) is 0 Å². The molecule has 2 rings (SSSR count). The van der Waals surface area contributed by atoms with Crippen LogP contribution in [0.2, 0.25) is 0 Å². The summed E-state index contributed by atoms with van der Waals surface area (Å²) in [5.74, 6) is 0.983. The Hall–Kier alpha value is -1.13. The number of nitrogens with two attached hydrogens (primary N) is 1. The molecule has 1 aromatic heterocycles. The molecule has 0 saturated carbocycles. The highest BCUT2D eigenvalue weighted by Gasteiger charge is 2.16. The Morgan fingerprint density at radius 2 is 2.35 bits per heavy atom. The van der Waals surface area contributed by atoms with Crippen LogP contribution in [0.1, 0.15) is 24.8 Å². The van der Waals surface area contributed by atoms with E-state index in [2.05, 4.69) is 16.9 Å². The van der Waals surface area contributed by atoms with Crippen LogP contribution in [0.3, 0.4) is 0 Å². The monoisotopic (exact) mass is 235 g/mol. The van der Waals surface area contributed by atoms with Crippen molar-refractivity contribution in [3.63, 3.8) is 0 Å². The van der Waals surface area contributed by atoms with E-state index in [1.807, 2.05) is 18.3 Å². The van der Waals surface area contributed by atoms with Crippen LogP contribution in [-0.4, -0.2) is 31.3 Å². The van der Waals surface area contributed by atoms with Crippen LogP contribution in [0.4, 0.5) is 5.82 Å². The van der Waals surface area contributed by atoms with Crippen LogP contribution in [0.15, 0.2) is 18.3 Å². The van der Waals surface area contributed by atoms with E-state index >= 15 is 0 Å². The SMILES string of the molecule is CN(CC1CCCCO1)c1ccc(CN)cn1. The first-order valence-electron chi connectivity index (χ1n) is 6.27. The van der Waals surface area contributed by atoms with E-state index < -0.39 is 0 Å². The fraction of sp³-hybridized carbons (Fsp3) is 0.615. The van der Waals surface area contributed by atoms with E-state index in [0.717, 1.165) is 31.0 Å². The number of ether oxygens (including phenoxy) is 1. The zero-order valence-corrected chi connectivity index (χ0v) is 10.4. The van der Waals surface area contributed by atoms with Crippen molar-refractivity contribution in [1.82, 2.24) is 4.98 Å². The van der Waals surface area contributed by atoms with Gasteiger partial charge in [-0.05, 0) is 30.9 Å². The van der Waals surface area contributed by atoms with Crippen molar-refractivity contribution in [2.45, 2.75) is 31.9 Å². The quantitative estimate of drug-likeness (QED) is 0.860. The zero-order chi connectivity index (χ0) is 12.1. The Balaban J connectivity index is 1.91. The lowest BCUT2D eigenvalue weighted by Crippen LogP contribution is -2.33. The summed E-state index contributed by atoms with van der Waals surface area (Å²) in [4.78, 5) is 6.55. The number of likely N-dealkylation sites (N-methyl/N-ethyl adjacent to an activating group) is 1. The zero-order valence-electron chi connectivity index (χ0n) is 10.4. The minimum Gasteiger partial charge on any atom is -0.376 e. The molecule has 0 amide bonds. The number of anilines is 1. The predicted molar refractivity (Wildman–Crippen MR) is 69.0 cm³/mol. The Labute approximate surface area is 103 Å². The van der Waals surface area contributed by atoms with Crippen LogP contribution in [0.5, 0.6) is 0 Å². The molecule has 1 aliphatic rings. The predicted octanol–water partition coefficient (Wildman–Crippen LogP) is 1.55. The maximum absolute atomic E-state index is 5.73. The van der Waals surface area contributed by atoms with Gasteiger partial charge < -0.3 is 15.4 Å². The third-order valence-electron chi connectivity index (χ3n) is 3.19. The van der Waals surface area contributed by atoms with Crippen molar-refractivity contribution in [1.29, 1.82) is 0 Å². The van der Waals surface area contributed by atoms with Gasteiger partial charge in [0.15, 0.2) is 0 Å².